The number of allylic oxidation sites excluding steroid dienone is 2. The van der Waals surface area contributed by atoms with Gasteiger partial charge in [0.05, 0.1) is 0 Å². The molecule has 0 aliphatic rings. The lowest BCUT2D eigenvalue weighted by molar-refractivity contribution is 1.29. The zero-order valence-electron chi connectivity index (χ0n) is 9.12. The van der Waals surface area contributed by atoms with Gasteiger partial charge >= 0.3 is 0 Å². The first-order chi connectivity index (χ1) is 7.20. The first-order valence-electron chi connectivity index (χ1n) is 4.70. The van der Waals surface area contributed by atoms with Crippen LogP contribution in [0.15, 0.2) is 35.3 Å². The number of nitrogens with zero attached hydrogens (tertiary/aromatic N) is 2. The first kappa shape index (κ1) is 11.2. The van der Waals surface area contributed by atoms with Crippen LogP contribution >= 0.6 is 0 Å². The number of rotatable bonds is 4. The highest BCUT2D eigenvalue weighted by atomic mass is 15.0. The lowest BCUT2D eigenvalue weighted by atomic mass is 10.2. The topological polar surface area (TPSA) is 40.5 Å². The number of hydrogen-bond acceptors (Lipinski definition) is 2. The van der Waals surface area contributed by atoms with E-state index in [9.17, 15) is 0 Å². The Balaban J connectivity index is 3.11. The Morgan fingerprint density at radius 1 is 0.933 bits per heavy atom. The molecule has 0 radical (unpaired) electrons. The van der Waals surface area contributed by atoms with Crippen LogP contribution in [0.2, 0.25) is 0 Å². The van der Waals surface area contributed by atoms with Gasteiger partial charge in [-0.25, -0.2) is 9.98 Å². The predicted octanol–water partition coefficient (Wildman–Crippen LogP) is 3.41. The summed E-state index contributed by atoms with van der Waals surface area (Å²) in [6, 6.07) is 0. The van der Waals surface area contributed by atoms with Crippen LogP contribution in [0.5, 0.6) is 0 Å². The molecular formula is C12H15N3. The fourth-order valence-corrected chi connectivity index (χ4v) is 1.17. The van der Waals surface area contributed by atoms with Crippen molar-refractivity contribution in [3.8, 4) is 0 Å². The highest BCUT2D eigenvalue weighted by Gasteiger charge is 2.07. The second-order valence-corrected chi connectivity index (χ2v) is 3.10. The lowest BCUT2D eigenvalue weighted by Gasteiger charge is -1.89. The van der Waals surface area contributed by atoms with E-state index in [0.717, 1.165) is 22.8 Å². The van der Waals surface area contributed by atoms with Crippen LogP contribution in [0.1, 0.15) is 11.1 Å². The largest absolute Gasteiger partial charge is 0.324 e. The summed E-state index contributed by atoms with van der Waals surface area (Å²) in [6.45, 7) is 11.2. The zero-order chi connectivity index (χ0) is 11.3. The first-order valence-corrected chi connectivity index (χ1v) is 4.70. The average molecular weight is 201 g/mol. The summed E-state index contributed by atoms with van der Waals surface area (Å²) in [7, 11) is 0. The maximum Gasteiger partial charge on any atom is 0.134 e. The Morgan fingerprint density at radius 2 is 1.33 bits per heavy atom. The summed E-state index contributed by atoms with van der Waals surface area (Å²) in [5.41, 5.74) is 2.20. The number of aliphatic imine (C=N–C) groups is 2. The van der Waals surface area contributed by atoms with Crippen LogP contribution in [0.3, 0.4) is 0 Å². The van der Waals surface area contributed by atoms with Crippen molar-refractivity contribution in [1.29, 1.82) is 0 Å². The molecule has 0 atom stereocenters. The zero-order valence-corrected chi connectivity index (χ0v) is 9.12. The minimum absolute atomic E-state index is 0.823. The molecule has 0 amide bonds. The molecule has 0 aromatic carbocycles. The lowest BCUT2D eigenvalue weighted by Crippen LogP contribution is -1.71. The van der Waals surface area contributed by atoms with E-state index in [1.807, 2.05) is 13.8 Å². The molecule has 0 fully saturated rings. The summed E-state index contributed by atoms with van der Waals surface area (Å²) in [4.78, 5) is 11.6. The standard InChI is InChI=1S/C12H15N3/c1-5-7-13-11-9(3)10(4)12(15-11)14-8-6-2/h5-8,15H,1-2H2,3-4H3/b13-7-,14-8-. The molecule has 0 unspecified atom stereocenters. The summed E-state index contributed by atoms with van der Waals surface area (Å²) in [5, 5.41) is 0. The van der Waals surface area contributed by atoms with E-state index in [1.165, 1.54) is 0 Å². The third-order valence-corrected chi connectivity index (χ3v) is 2.13. The third-order valence-electron chi connectivity index (χ3n) is 2.13. The smallest absolute Gasteiger partial charge is 0.134 e. The van der Waals surface area contributed by atoms with Crippen LogP contribution in [-0.4, -0.2) is 17.4 Å². The van der Waals surface area contributed by atoms with Gasteiger partial charge < -0.3 is 4.98 Å². The summed E-state index contributed by atoms with van der Waals surface area (Å²) in [5.74, 6) is 1.65. The van der Waals surface area contributed by atoms with Crippen molar-refractivity contribution >= 4 is 24.1 Å². The number of nitrogens with one attached hydrogen (secondary N) is 1. The minimum Gasteiger partial charge on any atom is -0.324 e. The van der Waals surface area contributed by atoms with Crippen molar-refractivity contribution in [1.82, 2.24) is 4.98 Å². The molecule has 78 valence electrons. The van der Waals surface area contributed by atoms with Gasteiger partial charge in [-0.05, 0) is 25.0 Å². The monoisotopic (exact) mass is 201 g/mol. The molecule has 1 aromatic rings. The number of aromatic amines is 1. The molecule has 3 nitrogen and oxygen atoms in total. The van der Waals surface area contributed by atoms with Gasteiger partial charge in [-0.3, -0.25) is 0 Å². The Hall–Kier alpha value is -1.90. The van der Waals surface area contributed by atoms with Gasteiger partial charge in [0.25, 0.3) is 0 Å². The third kappa shape index (κ3) is 2.53. The molecule has 1 rings (SSSR count). The van der Waals surface area contributed by atoms with Crippen molar-refractivity contribution in [3.05, 3.63) is 36.4 Å². The van der Waals surface area contributed by atoms with Crippen molar-refractivity contribution in [2.45, 2.75) is 13.8 Å². The molecule has 1 heterocycles. The quantitative estimate of drug-likeness (QED) is 0.725. The van der Waals surface area contributed by atoms with E-state index in [2.05, 4.69) is 28.1 Å². The fourth-order valence-electron chi connectivity index (χ4n) is 1.17. The molecular weight excluding hydrogens is 186 g/mol. The molecule has 0 spiro atoms. The van der Waals surface area contributed by atoms with Gasteiger partial charge in [0.15, 0.2) is 0 Å². The second-order valence-electron chi connectivity index (χ2n) is 3.10. The van der Waals surface area contributed by atoms with Gasteiger partial charge in [-0.2, -0.15) is 0 Å². The molecule has 1 aromatic heterocycles. The van der Waals surface area contributed by atoms with E-state index in [1.54, 1.807) is 24.6 Å². The Morgan fingerprint density at radius 3 is 1.67 bits per heavy atom. The van der Waals surface area contributed by atoms with Gasteiger partial charge in [-0.1, -0.05) is 25.3 Å². The SMILES string of the molecule is C=C/C=N\c1[nH]c(/N=C\C=C)c(C)c1C. The van der Waals surface area contributed by atoms with Crippen molar-refractivity contribution in [3.63, 3.8) is 0 Å². The summed E-state index contributed by atoms with van der Waals surface area (Å²) < 4.78 is 0. The number of aromatic nitrogens is 1. The van der Waals surface area contributed by atoms with Crippen LogP contribution in [-0.2, 0) is 0 Å². The molecule has 1 N–H and O–H groups in total. The average Bonchev–Trinajstić information content (AvgIpc) is 2.51. The van der Waals surface area contributed by atoms with E-state index in [4.69, 9.17) is 0 Å². The van der Waals surface area contributed by atoms with Gasteiger partial charge in [0, 0.05) is 12.4 Å². The fraction of sp³-hybridized carbons (Fsp3) is 0.167. The summed E-state index contributed by atoms with van der Waals surface area (Å²) in [6.07, 6.45) is 6.59. The second kappa shape index (κ2) is 5.10. The van der Waals surface area contributed by atoms with Crippen molar-refractivity contribution in [2.24, 2.45) is 9.98 Å². The van der Waals surface area contributed by atoms with E-state index >= 15 is 0 Å². The van der Waals surface area contributed by atoms with Crippen LogP contribution in [0, 0.1) is 13.8 Å². The van der Waals surface area contributed by atoms with Gasteiger partial charge in [0.2, 0.25) is 0 Å². The number of hydrogen-bond donors (Lipinski definition) is 1. The van der Waals surface area contributed by atoms with E-state index in [0.29, 0.717) is 0 Å². The molecule has 0 saturated heterocycles. The molecule has 0 aliphatic heterocycles. The van der Waals surface area contributed by atoms with Crippen molar-refractivity contribution in [2.75, 3.05) is 0 Å². The van der Waals surface area contributed by atoms with Gasteiger partial charge in [0.1, 0.15) is 11.6 Å². The highest BCUT2D eigenvalue weighted by Crippen LogP contribution is 2.29. The number of H-pyrrole nitrogens is 1. The van der Waals surface area contributed by atoms with Crippen LogP contribution in [0.4, 0.5) is 11.6 Å². The molecule has 0 saturated carbocycles. The maximum atomic E-state index is 4.22. The molecule has 0 aliphatic carbocycles. The van der Waals surface area contributed by atoms with Crippen LogP contribution < -0.4 is 0 Å². The van der Waals surface area contributed by atoms with Crippen molar-refractivity contribution < 1.29 is 0 Å². The van der Waals surface area contributed by atoms with Crippen LogP contribution in [0.25, 0.3) is 0 Å². The van der Waals surface area contributed by atoms with E-state index in [-0.39, 0.29) is 0 Å². The Bertz CT molecular complexity index is 384. The molecule has 3 heteroatoms. The normalized spacial score (nSPS) is 11.3. The maximum absolute atomic E-state index is 4.22. The summed E-state index contributed by atoms with van der Waals surface area (Å²) >= 11 is 0. The van der Waals surface area contributed by atoms with Gasteiger partial charge in [-0.15, -0.1) is 0 Å². The minimum atomic E-state index is 0.823. The predicted molar refractivity (Wildman–Crippen MR) is 67.0 cm³/mol. The highest BCUT2D eigenvalue weighted by molar-refractivity contribution is 5.77. The Kier molecular flexibility index (Phi) is 3.80. The Labute approximate surface area is 90.0 Å². The molecule has 15 heavy (non-hydrogen) atoms. The molecule has 0 bridgehead atoms. The van der Waals surface area contributed by atoms with E-state index < -0.39 is 0 Å².